The van der Waals surface area contributed by atoms with Gasteiger partial charge in [0.05, 0.1) is 22.5 Å². The summed E-state index contributed by atoms with van der Waals surface area (Å²) >= 11 is 0. The van der Waals surface area contributed by atoms with Crippen LogP contribution in [0.5, 0.6) is 0 Å². The number of rotatable bonds is 10. The van der Waals surface area contributed by atoms with E-state index in [2.05, 4.69) is 5.32 Å². The Labute approximate surface area is 194 Å². The normalized spacial score (nSPS) is 15.8. The van der Waals surface area contributed by atoms with Gasteiger partial charge in [-0.15, -0.1) is 0 Å². The second-order valence-electron chi connectivity index (χ2n) is 8.99. The van der Waals surface area contributed by atoms with Crippen molar-refractivity contribution >= 4 is 33.8 Å². The molecule has 1 aliphatic carbocycles. The summed E-state index contributed by atoms with van der Waals surface area (Å²) in [6.45, 7) is 0. The molecule has 3 N–H and O–H groups in total. The highest BCUT2D eigenvalue weighted by atomic mass is 32.2. The minimum absolute atomic E-state index is 0.197. The van der Waals surface area contributed by atoms with E-state index in [9.17, 15) is 23.3 Å². The molecule has 0 spiro atoms. The van der Waals surface area contributed by atoms with Gasteiger partial charge in [0.15, 0.2) is 9.84 Å². The number of hydrogen-bond acceptors (Lipinski definition) is 5. The van der Waals surface area contributed by atoms with Gasteiger partial charge in [-0.05, 0) is 42.5 Å². The van der Waals surface area contributed by atoms with Gasteiger partial charge in [0, 0.05) is 24.1 Å². The van der Waals surface area contributed by atoms with E-state index in [0.29, 0.717) is 17.7 Å². The van der Waals surface area contributed by atoms with Gasteiger partial charge in [-0.1, -0.05) is 49.2 Å². The van der Waals surface area contributed by atoms with Gasteiger partial charge in [0.1, 0.15) is 0 Å². The summed E-state index contributed by atoms with van der Waals surface area (Å²) in [4.78, 5) is 13.4. The standard InChI is InChI=1S/C24H29BN2O5S/c1-27-13-12-20-21(27)8-5-9-22(20)33(31,32)16-19(14-17-6-3-2-4-7-17)24(28)26-23(25(29)30)15-18-10-11-18/h2-9,12-13,18-19,23,29-30H,10-11,14-16H2,1H3,(H,26,28)/t19-,23+/m1/s1. The summed E-state index contributed by atoms with van der Waals surface area (Å²) in [6.07, 6.45) is 4.51. The van der Waals surface area contributed by atoms with Crippen LogP contribution in [0.1, 0.15) is 24.8 Å². The van der Waals surface area contributed by atoms with Crippen molar-refractivity contribution in [3.63, 3.8) is 0 Å². The van der Waals surface area contributed by atoms with E-state index in [1.54, 1.807) is 18.2 Å². The number of carbonyl (C=O) groups is 1. The average molecular weight is 468 g/mol. The number of carbonyl (C=O) groups excluding carboxylic acids is 1. The Morgan fingerprint density at radius 3 is 2.52 bits per heavy atom. The first kappa shape index (κ1) is 23.5. The summed E-state index contributed by atoms with van der Waals surface area (Å²) in [5, 5.41) is 22.9. The number of sulfone groups is 1. The van der Waals surface area contributed by atoms with Gasteiger partial charge in [-0.25, -0.2) is 8.42 Å². The molecule has 4 rings (SSSR count). The predicted molar refractivity (Wildman–Crippen MR) is 128 cm³/mol. The van der Waals surface area contributed by atoms with Gasteiger partial charge in [-0.2, -0.15) is 0 Å². The maximum absolute atomic E-state index is 13.5. The van der Waals surface area contributed by atoms with Crippen molar-refractivity contribution in [2.75, 3.05) is 5.75 Å². The van der Waals surface area contributed by atoms with E-state index in [4.69, 9.17) is 0 Å². The Bertz CT molecular complexity index is 1220. The van der Waals surface area contributed by atoms with Crippen molar-refractivity contribution in [1.82, 2.24) is 9.88 Å². The number of nitrogens with one attached hydrogen (secondary N) is 1. The van der Waals surface area contributed by atoms with E-state index < -0.39 is 34.7 Å². The van der Waals surface area contributed by atoms with Crippen molar-refractivity contribution in [3.8, 4) is 0 Å². The van der Waals surface area contributed by atoms with Crippen LogP contribution in [0.4, 0.5) is 0 Å². The minimum Gasteiger partial charge on any atom is -0.426 e. The predicted octanol–water partition coefficient (Wildman–Crippen LogP) is 2.11. The Hall–Kier alpha value is -2.62. The van der Waals surface area contributed by atoms with E-state index >= 15 is 0 Å². The highest BCUT2D eigenvalue weighted by Gasteiger charge is 2.35. The molecular formula is C24H29BN2O5S. The van der Waals surface area contributed by atoms with Crippen LogP contribution in [0.15, 0.2) is 65.7 Å². The number of aryl methyl sites for hydroxylation is 1. The lowest BCUT2D eigenvalue weighted by Gasteiger charge is -2.22. The lowest BCUT2D eigenvalue weighted by Crippen LogP contribution is -2.50. The summed E-state index contributed by atoms with van der Waals surface area (Å²) in [7, 11) is -3.64. The monoisotopic (exact) mass is 468 g/mol. The summed E-state index contributed by atoms with van der Waals surface area (Å²) < 4.78 is 28.8. The summed E-state index contributed by atoms with van der Waals surface area (Å²) in [5.41, 5.74) is 1.64. The van der Waals surface area contributed by atoms with Crippen LogP contribution in [0.3, 0.4) is 0 Å². The molecule has 0 saturated heterocycles. The molecule has 7 nitrogen and oxygen atoms in total. The van der Waals surface area contributed by atoms with Crippen LogP contribution in [0, 0.1) is 11.8 Å². The molecule has 0 bridgehead atoms. The number of hydrogen-bond donors (Lipinski definition) is 3. The van der Waals surface area contributed by atoms with Gasteiger partial charge in [0.2, 0.25) is 5.91 Å². The fourth-order valence-corrected chi connectivity index (χ4v) is 6.07. The van der Waals surface area contributed by atoms with Crippen LogP contribution in [0.25, 0.3) is 10.9 Å². The first-order chi connectivity index (χ1) is 15.7. The molecule has 3 aromatic rings. The number of amides is 1. The van der Waals surface area contributed by atoms with Crippen molar-refractivity contribution in [2.45, 2.75) is 36.5 Å². The zero-order valence-corrected chi connectivity index (χ0v) is 19.4. The molecule has 2 atom stereocenters. The highest BCUT2D eigenvalue weighted by Crippen LogP contribution is 2.34. The Morgan fingerprint density at radius 2 is 1.85 bits per heavy atom. The topological polar surface area (TPSA) is 109 Å². The Balaban J connectivity index is 1.61. The molecule has 0 radical (unpaired) electrons. The molecule has 1 aliphatic rings. The molecule has 1 aromatic heterocycles. The maximum Gasteiger partial charge on any atom is 0.475 e. The van der Waals surface area contributed by atoms with Gasteiger partial charge >= 0.3 is 7.12 Å². The zero-order valence-electron chi connectivity index (χ0n) is 18.6. The molecule has 1 heterocycles. The largest absolute Gasteiger partial charge is 0.475 e. The van der Waals surface area contributed by atoms with Crippen LogP contribution in [-0.4, -0.2) is 47.8 Å². The first-order valence-electron chi connectivity index (χ1n) is 11.2. The lowest BCUT2D eigenvalue weighted by molar-refractivity contribution is -0.124. The molecule has 9 heteroatoms. The van der Waals surface area contributed by atoms with Crippen molar-refractivity contribution in [2.24, 2.45) is 18.9 Å². The second-order valence-corrected chi connectivity index (χ2v) is 11.0. The average Bonchev–Trinajstić information content (AvgIpc) is 3.53. The van der Waals surface area contributed by atoms with E-state index in [-0.39, 0.29) is 17.1 Å². The van der Waals surface area contributed by atoms with Gasteiger partial charge < -0.3 is 19.9 Å². The van der Waals surface area contributed by atoms with E-state index in [1.807, 2.05) is 54.2 Å². The fourth-order valence-electron chi connectivity index (χ4n) is 4.29. The van der Waals surface area contributed by atoms with Crippen molar-refractivity contribution < 1.29 is 23.3 Å². The molecule has 0 aliphatic heterocycles. The third-order valence-corrected chi connectivity index (χ3v) is 8.18. The fraction of sp³-hybridized carbons (Fsp3) is 0.375. The third-order valence-electron chi connectivity index (χ3n) is 6.31. The van der Waals surface area contributed by atoms with Crippen LogP contribution < -0.4 is 5.32 Å². The summed E-state index contributed by atoms with van der Waals surface area (Å²) in [6, 6.07) is 16.2. The number of fused-ring (bicyclic) bond motifs is 1. The summed E-state index contributed by atoms with van der Waals surface area (Å²) in [5.74, 6) is -2.19. The number of aromatic nitrogens is 1. The number of benzene rings is 2. The first-order valence-corrected chi connectivity index (χ1v) is 12.9. The maximum atomic E-state index is 13.5. The Morgan fingerprint density at radius 1 is 1.12 bits per heavy atom. The van der Waals surface area contributed by atoms with Crippen LogP contribution >= 0.6 is 0 Å². The minimum atomic E-state index is -3.80. The quantitative estimate of drug-likeness (QED) is 0.395. The van der Waals surface area contributed by atoms with Crippen LogP contribution in [0.2, 0.25) is 0 Å². The van der Waals surface area contributed by atoms with Gasteiger partial charge in [0.25, 0.3) is 0 Å². The van der Waals surface area contributed by atoms with Crippen molar-refractivity contribution in [1.29, 1.82) is 0 Å². The lowest BCUT2D eigenvalue weighted by atomic mass is 9.76. The van der Waals surface area contributed by atoms with Crippen LogP contribution in [-0.2, 0) is 28.1 Å². The zero-order chi connectivity index (χ0) is 23.6. The molecule has 0 unspecified atom stereocenters. The smallest absolute Gasteiger partial charge is 0.426 e. The molecule has 2 aromatic carbocycles. The molecule has 1 amide bonds. The van der Waals surface area contributed by atoms with Crippen molar-refractivity contribution in [3.05, 3.63) is 66.4 Å². The van der Waals surface area contributed by atoms with E-state index in [0.717, 1.165) is 23.9 Å². The molecule has 1 fully saturated rings. The molecule has 33 heavy (non-hydrogen) atoms. The molecule has 1 saturated carbocycles. The second kappa shape index (κ2) is 9.71. The Kier molecular flexibility index (Phi) is 6.92. The number of nitrogens with zero attached hydrogens (tertiary/aromatic N) is 1. The molecular weight excluding hydrogens is 439 g/mol. The van der Waals surface area contributed by atoms with Gasteiger partial charge in [-0.3, -0.25) is 4.79 Å². The highest BCUT2D eigenvalue weighted by molar-refractivity contribution is 7.91. The molecule has 174 valence electrons. The van der Waals surface area contributed by atoms with E-state index in [1.165, 1.54) is 0 Å². The SMILES string of the molecule is Cn1ccc2c(S(=O)(=O)C[C@@H](Cc3ccccc3)C(=O)N[C@@H](CC3CC3)B(O)O)cccc21. The third kappa shape index (κ3) is 5.66.